The minimum Gasteiger partial charge on any atom is -0.493 e. The fourth-order valence-electron chi connectivity index (χ4n) is 1.29. The SMILES string of the molecule is C#CCCCOc1ccccc1CC. The lowest BCUT2D eigenvalue weighted by Gasteiger charge is -2.08. The minimum absolute atomic E-state index is 0.710. The van der Waals surface area contributed by atoms with Gasteiger partial charge < -0.3 is 4.74 Å². The molecule has 0 N–H and O–H groups in total. The van der Waals surface area contributed by atoms with E-state index in [2.05, 4.69) is 18.9 Å². The Morgan fingerprint density at radius 2 is 2.14 bits per heavy atom. The highest BCUT2D eigenvalue weighted by Gasteiger charge is 1.99. The molecule has 0 aliphatic carbocycles. The van der Waals surface area contributed by atoms with Crippen LogP contribution >= 0.6 is 0 Å². The summed E-state index contributed by atoms with van der Waals surface area (Å²) >= 11 is 0. The standard InChI is InChI=1S/C13H16O/c1-3-5-8-11-14-13-10-7-6-9-12(13)4-2/h1,6-7,9-10H,4-5,8,11H2,2H3. The molecule has 0 amide bonds. The zero-order valence-corrected chi connectivity index (χ0v) is 8.62. The van der Waals surface area contributed by atoms with E-state index >= 15 is 0 Å². The number of hydrogen-bond donors (Lipinski definition) is 0. The number of unbranched alkanes of at least 4 members (excludes halogenated alkanes) is 1. The Morgan fingerprint density at radius 1 is 1.36 bits per heavy atom. The smallest absolute Gasteiger partial charge is 0.122 e. The van der Waals surface area contributed by atoms with Crippen molar-refractivity contribution in [3.8, 4) is 18.1 Å². The van der Waals surface area contributed by atoms with Gasteiger partial charge in [0.15, 0.2) is 0 Å². The molecule has 1 nitrogen and oxygen atoms in total. The normalized spacial score (nSPS) is 9.43. The molecular formula is C13H16O. The maximum atomic E-state index is 5.63. The van der Waals surface area contributed by atoms with Crippen LogP contribution in [-0.2, 0) is 6.42 Å². The van der Waals surface area contributed by atoms with Crippen LogP contribution in [0.5, 0.6) is 5.75 Å². The minimum atomic E-state index is 0.710. The monoisotopic (exact) mass is 188 g/mol. The number of hydrogen-bond acceptors (Lipinski definition) is 1. The van der Waals surface area contributed by atoms with Gasteiger partial charge in [0.1, 0.15) is 5.75 Å². The van der Waals surface area contributed by atoms with Crippen molar-refractivity contribution in [1.29, 1.82) is 0 Å². The van der Waals surface area contributed by atoms with Crippen LogP contribution in [0.25, 0.3) is 0 Å². The molecule has 0 atom stereocenters. The molecule has 0 radical (unpaired) electrons. The molecule has 0 unspecified atom stereocenters. The molecule has 1 aromatic rings. The van der Waals surface area contributed by atoms with E-state index in [0.717, 1.165) is 25.0 Å². The molecule has 0 fully saturated rings. The van der Waals surface area contributed by atoms with E-state index in [1.165, 1.54) is 5.56 Å². The molecule has 0 saturated carbocycles. The first-order chi connectivity index (χ1) is 6.88. The fraction of sp³-hybridized carbons (Fsp3) is 0.385. The van der Waals surface area contributed by atoms with E-state index in [4.69, 9.17) is 11.2 Å². The predicted octanol–water partition coefficient (Wildman–Crippen LogP) is 3.04. The first-order valence-corrected chi connectivity index (χ1v) is 5.02. The zero-order valence-electron chi connectivity index (χ0n) is 8.62. The van der Waals surface area contributed by atoms with Crippen molar-refractivity contribution < 1.29 is 4.74 Å². The second-order valence-electron chi connectivity index (χ2n) is 3.12. The first kappa shape index (κ1) is 10.7. The van der Waals surface area contributed by atoms with Crippen LogP contribution in [0.2, 0.25) is 0 Å². The van der Waals surface area contributed by atoms with E-state index in [1.807, 2.05) is 18.2 Å². The Bertz CT molecular complexity index is 309. The van der Waals surface area contributed by atoms with Gasteiger partial charge in [-0.3, -0.25) is 0 Å². The third-order valence-corrected chi connectivity index (χ3v) is 2.08. The number of benzene rings is 1. The lowest BCUT2D eigenvalue weighted by atomic mass is 10.1. The molecule has 0 saturated heterocycles. The van der Waals surface area contributed by atoms with Crippen molar-refractivity contribution >= 4 is 0 Å². The van der Waals surface area contributed by atoms with Crippen LogP contribution in [0.4, 0.5) is 0 Å². The zero-order chi connectivity index (χ0) is 10.2. The van der Waals surface area contributed by atoms with Crippen LogP contribution in [0.1, 0.15) is 25.3 Å². The Hall–Kier alpha value is -1.42. The predicted molar refractivity (Wildman–Crippen MR) is 59.4 cm³/mol. The highest BCUT2D eigenvalue weighted by Crippen LogP contribution is 2.18. The largest absolute Gasteiger partial charge is 0.493 e. The molecule has 1 rings (SSSR count). The maximum absolute atomic E-state index is 5.63. The van der Waals surface area contributed by atoms with Crippen LogP contribution in [-0.4, -0.2) is 6.61 Å². The highest BCUT2D eigenvalue weighted by atomic mass is 16.5. The highest BCUT2D eigenvalue weighted by molar-refractivity contribution is 5.33. The Morgan fingerprint density at radius 3 is 2.86 bits per heavy atom. The van der Waals surface area contributed by atoms with Crippen molar-refractivity contribution in [3.63, 3.8) is 0 Å². The summed E-state index contributed by atoms with van der Waals surface area (Å²) in [5.41, 5.74) is 1.26. The number of ether oxygens (including phenoxy) is 1. The second kappa shape index (κ2) is 6.10. The van der Waals surface area contributed by atoms with Crippen molar-refractivity contribution in [2.45, 2.75) is 26.2 Å². The second-order valence-corrected chi connectivity index (χ2v) is 3.12. The molecule has 1 heteroatoms. The lowest BCUT2D eigenvalue weighted by molar-refractivity contribution is 0.310. The van der Waals surface area contributed by atoms with Crippen molar-refractivity contribution in [2.24, 2.45) is 0 Å². The van der Waals surface area contributed by atoms with Crippen LogP contribution < -0.4 is 4.74 Å². The Kier molecular flexibility index (Phi) is 4.64. The van der Waals surface area contributed by atoms with Gasteiger partial charge in [0.05, 0.1) is 6.61 Å². The third kappa shape index (κ3) is 3.14. The van der Waals surface area contributed by atoms with Gasteiger partial charge in [-0.1, -0.05) is 25.1 Å². The molecule has 0 aliphatic heterocycles. The van der Waals surface area contributed by atoms with Gasteiger partial charge in [0, 0.05) is 6.42 Å². The first-order valence-electron chi connectivity index (χ1n) is 5.02. The maximum Gasteiger partial charge on any atom is 0.122 e. The summed E-state index contributed by atoms with van der Waals surface area (Å²) in [5, 5.41) is 0. The summed E-state index contributed by atoms with van der Waals surface area (Å²) in [7, 11) is 0. The average molecular weight is 188 g/mol. The molecule has 1 aromatic carbocycles. The van der Waals surface area contributed by atoms with Crippen molar-refractivity contribution in [3.05, 3.63) is 29.8 Å². The van der Waals surface area contributed by atoms with Crippen LogP contribution in [0, 0.1) is 12.3 Å². The van der Waals surface area contributed by atoms with Gasteiger partial charge in [-0.05, 0) is 24.5 Å². The van der Waals surface area contributed by atoms with E-state index < -0.39 is 0 Å². The van der Waals surface area contributed by atoms with Crippen molar-refractivity contribution in [1.82, 2.24) is 0 Å². The molecule has 14 heavy (non-hydrogen) atoms. The summed E-state index contributed by atoms with van der Waals surface area (Å²) in [6.07, 6.45) is 7.87. The quantitative estimate of drug-likeness (QED) is 0.510. The van der Waals surface area contributed by atoms with E-state index in [9.17, 15) is 0 Å². The van der Waals surface area contributed by atoms with E-state index in [0.29, 0.717) is 6.61 Å². The summed E-state index contributed by atoms with van der Waals surface area (Å²) in [5.74, 6) is 3.60. The van der Waals surface area contributed by atoms with Gasteiger partial charge in [-0.2, -0.15) is 0 Å². The molecule has 0 bridgehead atoms. The lowest BCUT2D eigenvalue weighted by Crippen LogP contribution is -1.99. The van der Waals surface area contributed by atoms with Gasteiger partial charge in [0.25, 0.3) is 0 Å². The number of para-hydroxylation sites is 1. The summed E-state index contributed by atoms with van der Waals surface area (Å²) in [6.45, 7) is 2.84. The van der Waals surface area contributed by atoms with Gasteiger partial charge in [-0.25, -0.2) is 0 Å². The molecule has 74 valence electrons. The van der Waals surface area contributed by atoms with Gasteiger partial charge in [0.2, 0.25) is 0 Å². The molecular weight excluding hydrogens is 172 g/mol. The average Bonchev–Trinajstić information content (AvgIpc) is 2.25. The third-order valence-electron chi connectivity index (χ3n) is 2.08. The van der Waals surface area contributed by atoms with Crippen LogP contribution in [0.3, 0.4) is 0 Å². The van der Waals surface area contributed by atoms with Crippen LogP contribution in [0.15, 0.2) is 24.3 Å². The molecule has 0 spiro atoms. The van der Waals surface area contributed by atoms with Gasteiger partial charge >= 0.3 is 0 Å². The number of terminal acetylenes is 1. The van der Waals surface area contributed by atoms with Crippen molar-refractivity contribution in [2.75, 3.05) is 6.61 Å². The number of rotatable bonds is 5. The summed E-state index contributed by atoms with van der Waals surface area (Å²) in [6, 6.07) is 8.13. The summed E-state index contributed by atoms with van der Waals surface area (Å²) in [4.78, 5) is 0. The number of aryl methyl sites for hydroxylation is 1. The van der Waals surface area contributed by atoms with E-state index in [-0.39, 0.29) is 0 Å². The molecule has 0 heterocycles. The Labute approximate surface area is 86.1 Å². The molecule has 0 aromatic heterocycles. The fourth-order valence-corrected chi connectivity index (χ4v) is 1.29. The summed E-state index contributed by atoms with van der Waals surface area (Å²) < 4.78 is 5.63. The molecule has 0 aliphatic rings. The van der Waals surface area contributed by atoms with Gasteiger partial charge in [-0.15, -0.1) is 12.3 Å². The topological polar surface area (TPSA) is 9.23 Å². The van der Waals surface area contributed by atoms with E-state index in [1.54, 1.807) is 0 Å². The Balaban J connectivity index is 2.46.